The summed E-state index contributed by atoms with van der Waals surface area (Å²) in [5.74, 6) is 0.315. The van der Waals surface area contributed by atoms with Crippen LogP contribution in [0.2, 0.25) is 0 Å². The zero-order valence-electron chi connectivity index (χ0n) is 11.3. The van der Waals surface area contributed by atoms with Crippen LogP contribution in [-0.2, 0) is 0 Å². The largest absolute Gasteiger partial charge is 0.338 e. The minimum Gasteiger partial charge on any atom is -0.338 e. The number of aromatic amines is 1. The van der Waals surface area contributed by atoms with E-state index in [-0.39, 0.29) is 17.0 Å². The number of carbonyl (C=O) groups is 1. The molecule has 1 fully saturated rings. The summed E-state index contributed by atoms with van der Waals surface area (Å²) in [5.41, 5.74) is -0.0826. The summed E-state index contributed by atoms with van der Waals surface area (Å²) in [4.78, 5) is 28.3. The number of aromatic nitrogens is 1. The third-order valence-corrected chi connectivity index (χ3v) is 3.60. The van der Waals surface area contributed by atoms with E-state index in [9.17, 15) is 9.59 Å². The van der Waals surface area contributed by atoms with Gasteiger partial charge in [0.25, 0.3) is 11.5 Å². The molecule has 104 valence electrons. The Kier molecular flexibility index (Phi) is 4.74. The fourth-order valence-electron chi connectivity index (χ4n) is 2.51. The molecule has 0 aliphatic carbocycles. The van der Waals surface area contributed by atoms with Gasteiger partial charge in [-0.25, -0.2) is 0 Å². The second kappa shape index (κ2) is 6.52. The zero-order valence-corrected chi connectivity index (χ0v) is 11.3. The first-order chi connectivity index (χ1) is 9.22. The average molecular weight is 263 g/mol. The van der Waals surface area contributed by atoms with E-state index in [0.29, 0.717) is 12.5 Å². The average Bonchev–Trinajstić information content (AvgIpc) is 2.46. The highest BCUT2D eigenvalue weighted by molar-refractivity contribution is 5.93. The van der Waals surface area contributed by atoms with Crippen LogP contribution in [0.5, 0.6) is 0 Å². The fourth-order valence-corrected chi connectivity index (χ4v) is 2.51. The Hall–Kier alpha value is -1.62. The molecule has 5 nitrogen and oxygen atoms in total. The molecule has 0 saturated carbocycles. The van der Waals surface area contributed by atoms with Gasteiger partial charge in [-0.2, -0.15) is 0 Å². The number of H-pyrrole nitrogens is 1. The number of nitrogens with one attached hydrogen (secondary N) is 2. The quantitative estimate of drug-likeness (QED) is 0.846. The van der Waals surface area contributed by atoms with Crippen LogP contribution in [0, 0.1) is 5.92 Å². The van der Waals surface area contributed by atoms with Crippen molar-refractivity contribution >= 4 is 5.91 Å². The summed E-state index contributed by atoms with van der Waals surface area (Å²) < 4.78 is 0. The summed E-state index contributed by atoms with van der Waals surface area (Å²) in [5, 5.41) is 3.35. The molecule has 1 aliphatic heterocycles. The number of hydrogen-bond donors (Lipinski definition) is 2. The Morgan fingerprint density at radius 2 is 2.37 bits per heavy atom. The Balaban J connectivity index is 2.06. The van der Waals surface area contributed by atoms with E-state index in [2.05, 4.69) is 10.3 Å². The number of hydrogen-bond acceptors (Lipinski definition) is 3. The first kappa shape index (κ1) is 13.8. The summed E-state index contributed by atoms with van der Waals surface area (Å²) in [7, 11) is 0. The van der Waals surface area contributed by atoms with Crippen LogP contribution in [0.25, 0.3) is 0 Å². The second-order valence-electron chi connectivity index (χ2n) is 4.97. The maximum Gasteiger partial charge on any atom is 0.260 e. The van der Waals surface area contributed by atoms with Crippen molar-refractivity contribution < 1.29 is 4.79 Å². The van der Waals surface area contributed by atoms with Gasteiger partial charge in [0.1, 0.15) is 5.56 Å². The Bertz CT molecular complexity index is 478. The van der Waals surface area contributed by atoms with Gasteiger partial charge in [0, 0.05) is 19.3 Å². The van der Waals surface area contributed by atoms with E-state index in [1.54, 1.807) is 23.2 Å². The maximum atomic E-state index is 12.4. The predicted molar refractivity (Wildman–Crippen MR) is 74.2 cm³/mol. The predicted octanol–water partition coefficient (Wildman–Crippen LogP) is 0.837. The molecule has 0 bridgehead atoms. The normalized spacial score (nSPS) is 19.1. The van der Waals surface area contributed by atoms with Crippen molar-refractivity contribution in [1.82, 2.24) is 15.2 Å². The van der Waals surface area contributed by atoms with Crippen LogP contribution in [0.1, 0.15) is 30.1 Å². The summed E-state index contributed by atoms with van der Waals surface area (Å²) in [6, 6.07) is 3.27. The molecule has 0 spiro atoms. The molecule has 0 radical (unpaired) electrons. The van der Waals surface area contributed by atoms with Crippen LogP contribution in [0.15, 0.2) is 23.1 Å². The number of carbonyl (C=O) groups excluding carboxylic acids is 1. The molecular formula is C14H21N3O2. The lowest BCUT2D eigenvalue weighted by molar-refractivity contribution is 0.0727. The van der Waals surface area contributed by atoms with Gasteiger partial charge in [-0.1, -0.05) is 0 Å². The highest BCUT2D eigenvalue weighted by atomic mass is 16.2. The fraction of sp³-hybridized carbons (Fsp3) is 0.571. The molecule has 2 rings (SSSR count). The monoisotopic (exact) mass is 263 g/mol. The maximum absolute atomic E-state index is 12.4. The molecule has 2 heterocycles. The van der Waals surface area contributed by atoms with Crippen LogP contribution in [0.3, 0.4) is 0 Å². The number of pyridine rings is 1. The smallest absolute Gasteiger partial charge is 0.260 e. The SMILES string of the molecule is CCN(CC1CCCNC1)C(=O)c1ccc[nH]c1=O. The molecule has 1 aliphatic rings. The minimum atomic E-state index is -0.312. The van der Waals surface area contributed by atoms with Crippen LogP contribution in [0.4, 0.5) is 0 Å². The van der Waals surface area contributed by atoms with E-state index in [0.717, 1.165) is 32.5 Å². The third kappa shape index (κ3) is 3.44. The number of nitrogens with zero attached hydrogens (tertiary/aromatic N) is 1. The van der Waals surface area contributed by atoms with Gasteiger partial charge in [0.15, 0.2) is 0 Å². The molecule has 1 aromatic rings. The van der Waals surface area contributed by atoms with Crippen molar-refractivity contribution in [3.63, 3.8) is 0 Å². The molecule has 1 amide bonds. The molecule has 1 saturated heterocycles. The first-order valence-electron chi connectivity index (χ1n) is 6.90. The lowest BCUT2D eigenvalue weighted by Gasteiger charge is -2.29. The van der Waals surface area contributed by atoms with Gasteiger partial charge >= 0.3 is 0 Å². The van der Waals surface area contributed by atoms with Gasteiger partial charge in [-0.05, 0) is 50.9 Å². The van der Waals surface area contributed by atoms with Crippen molar-refractivity contribution in [1.29, 1.82) is 0 Å². The van der Waals surface area contributed by atoms with E-state index in [1.165, 1.54) is 0 Å². The van der Waals surface area contributed by atoms with E-state index in [4.69, 9.17) is 0 Å². The van der Waals surface area contributed by atoms with E-state index >= 15 is 0 Å². The van der Waals surface area contributed by atoms with E-state index in [1.807, 2.05) is 6.92 Å². The van der Waals surface area contributed by atoms with Crippen molar-refractivity contribution in [3.8, 4) is 0 Å². The Morgan fingerprint density at radius 3 is 3.00 bits per heavy atom. The minimum absolute atomic E-state index is 0.171. The summed E-state index contributed by atoms with van der Waals surface area (Å²) >= 11 is 0. The molecule has 5 heteroatoms. The topological polar surface area (TPSA) is 65.2 Å². The molecule has 1 aromatic heterocycles. The Morgan fingerprint density at radius 1 is 1.53 bits per heavy atom. The first-order valence-corrected chi connectivity index (χ1v) is 6.90. The highest BCUT2D eigenvalue weighted by Crippen LogP contribution is 2.13. The van der Waals surface area contributed by atoms with Gasteiger partial charge < -0.3 is 15.2 Å². The molecule has 0 aromatic carbocycles. The number of amides is 1. The van der Waals surface area contributed by atoms with Crippen LogP contribution >= 0.6 is 0 Å². The van der Waals surface area contributed by atoms with Gasteiger partial charge in [-0.3, -0.25) is 9.59 Å². The third-order valence-electron chi connectivity index (χ3n) is 3.60. The highest BCUT2D eigenvalue weighted by Gasteiger charge is 2.22. The van der Waals surface area contributed by atoms with Crippen molar-refractivity contribution in [2.75, 3.05) is 26.2 Å². The summed E-state index contributed by atoms with van der Waals surface area (Å²) in [6.07, 6.45) is 3.84. The molecular weight excluding hydrogens is 242 g/mol. The molecule has 19 heavy (non-hydrogen) atoms. The number of rotatable bonds is 4. The van der Waals surface area contributed by atoms with Crippen LogP contribution < -0.4 is 10.9 Å². The summed E-state index contributed by atoms with van der Waals surface area (Å²) in [6.45, 7) is 5.31. The Labute approximate surface area is 113 Å². The zero-order chi connectivity index (χ0) is 13.7. The standard InChI is InChI=1S/C14H21N3O2/c1-2-17(10-11-5-3-7-15-9-11)14(19)12-6-4-8-16-13(12)18/h4,6,8,11,15H,2-3,5,7,9-10H2,1H3,(H,16,18). The lowest BCUT2D eigenvalue weighted by Crippen LogP contribution is -2.42. The van der Waals surface area contributed by atoms with Gasteiger partial charge in [0.05, 0.1) is 0 Å². The van der Waals surface area contributed by atoms with Crippen LogP contribution in [-0.4, -0.2) is 42.0 Å². The van der Waals surface area contributed by atoms with Crippen molar-refractivity contribution in [2.45, 2.75) is 19.8 Å². The number of piperidine rings is 1. The van der Waals surface area contributed by atoms with Crippen molar-refractivity contribution in [2.24, 2.45) is 5.92 Å². The lowest BCUT2D eigenvalue weighted by atomic mass is 9.99. The van der Waals surface area contributed by atoms with Gasteiger partial charge in [0.2, 0.25) is 0 Å². The molecule has 1 unspecified atom stereocenters. The molecule has 2 N–H and O–H groups in total. The second-order valence-corrected chi connectivity index (χ2v) is 4.97. The van der Waals surface area contributed by atoms with E-state index < -0.39 is 0 Å². The molecule has 1 atom stereocenters. The van der Waals surface area contributed by atoms with Crippen molar-refractivity contribution in [3.05, 3.63) is 34.2 Å². The van der Waals surface area contributed by atoms with Gasteiger partial charge in [-0.15, -0.1) is 0 Å².